The number of carbonyl (C=O) groups excluding carboxylic acids is 1. The molecule has 174 valence electrons. The molecule has 0 spiro atoms. The smallest absolute Gasteiger partial charge is 0.759 e. The second-order valence-corrected chi connectivity index (χ2v) is 11.1. The Balaban J connectivity index is 0.00000385. The summed E-state index contributed by atoms with van der Waals surface area (Å²) in [5, 5.41) is 11.3. The van der Waals surface area contributed by atoms with Gasteiger partial charge in [-0.1, -0.05) is 41.4 Å². The van der Waals surface area contributed by atoms with Crippen LogP contribution >= 0.6 is 11.6 Å². The molecule has 0 unspecified atom stereocenters. The summed E-state index contributed by atoms with van der Waals surface area (Å²) in [4.78, 5) is 12.0. The van der Waals surface area contributed by atoms with Crippen molar-refractivity contribution in [1.29, 1.82) is 0 Å². The van der Waals surface area contributed by atoms with Crippen molar-refractivity contribution in [2.75, 3.05) is 6.54 Å². The summed E-state index contributed by atoms with van der Waals surface area (Å²) in [6.45, 7) is 6.23. The maximum absolute atomic E-state index is 13.8. The molecule has 0 aromatic heterocycles. The van der Waals surface area contributed by atoms with E-state index in [4.69, 9.17) is 11.6 Å². The molecule has 0 radical (unpaired) electrons. The number of amides is 1. The van der Waals surface area contributed by atoms with Crippen molar-refractivity contribution in [2.45, 2.75) is 57.9 Å². The van der Waals surface area contributed by atoms with Gasteiger partial charge in [-0.3, -0.25) is 4.79 Å². The zero-order valence-corrected chi connectivity index (χ0v) is 23.3. The van der Waals surface area contributed by atoms with Gasteiger partial charge in [0.15, 0.2) is 0 Å². The molecule has 1 saturated carbocycles. The number of hydrogen-bond donors (Lipinski definition) is 1. The average Bonchev–Trinajstić information content (AvgIpc) is 2.73. The van der Waals surface area contributed by atoms with Crippen LogP contribution in [-0.4, -0.2) is 25.2 Å². The Morgan fingerprint density at radius 2 is 1.61 bits per heavy atom. The number of hydroxylamine groups is 1. The summed E-state index contributed by atoms with van der Waals surface area (Å²) in [5.41, 5.74) is 4.84. The number of aryl methyl sites for hydroxylation is 3. The molecular formula is C24H30ClN2NaO4S. The number of nitrogens with zero attached hydrogens (tertiary/aromatic N) is 1. The summed E-state index contributed by atoms with van der Waals surface area (Å²) in [5.74, 6) is -0.634. The summed E-state index contributed by atoms with van der Waals surface area (Å²) >= 11 is 6.01. The molecule has 2 aromatic carbocycles. The second-order valence-electron chi connectivity index (χ2n) is 8.84. The predicted molar refractivity (Wildman–Crippen MR) is 127 cm³/mol. The Bertz CT molecular complexity index is 1050. The fourth-order valence-corrected chi connectivity index (χ4v) is 6.76. The molecule has 0 saturated heterocycles. The van der Waals surface area contributed by atoms with Gasteiger partial charge in [-0.25, -0.2) is 8.42 Å². The van der Waals surface area contributed by atoms with Gasteiger partial charge in [-0.05, 0) is 81.2 Å². The van der Waals surface area contributed by atoms with E-state index in [1.165, 1.54) is 5.48 Å². The van der Waals surface area contributed by atoms with Crippen molar-refractivity contribution in [2.24, 2.45) is 11.8 Å². The summed E-state index contributed by atoms with van der Waals surface area (Å²) in [7, 11) is -3.75. The molecule has 33 heavy (non-hydrogen) atoms. The van der Waals surface area contributed by atoms with Gasteiger partial charge in [-0.2, -0.15) is 4.31 Å². The van der Waals surface area contributed by atoms with E-state index in [0.29, 0.717) is 42.1 Å². The van der Waals surface area contributed by atoms with Crippen LogP contribution in [-0.2, 0) is 21.4 Å². The molecule has 1 fully saturated rings. The maximum atomic E-state index is 13.8. The van der Waals surface area contributed by atoms with Gasteiger partial charge in [0, 0.05) is 24.0 Å². The van der Waals surface area contributed by atoms with Crippen LogP contribution < -0.4 is 35.0 Å². The zero-order valence-electron chi connectivity index (χ0n) is 19.7. The monoisotopic (exact) mass is 500 g/mol. The molecule has 1 aliphatic rings. The Morgan fingerprint density at radius 3 is 2.12 bits per heavy atom. The first-order valence-corrected chi connectivity index (χ1v) is 12.7. The summed E-state index contributed by atoms with van der Waals surface area (Å²) < 4.78 is 29.2. The minimum Gasteiger partial charge on any atom is -0.759 e. The van der Waals surface area contributed by atoms with Crippen LogP contribution in [0.5, 0.6) is 0 Å². The van der Waals surface area contributed by atoms with Crippen molar-refractivity contribution >= 4 is 27.5 Å². The Hall–Kier alpha value is -0.930. The first kappa shape index (κ1) is 28.3. The van der Waals surface area contributed by atoms with Crippen molar-refractivity contribution in [3.63, 3.8) is 0 Å². The fourth-order valence-electron chi connectivity index (χ4n) is 4.72. The molecule has 0 atom stereocenters. The number of halogens is 1. The van der Waals surface area contributed by atoms with Gasteiger partial charge in [0.2, 0.25) is 15.9 Å². The van der Waals surface area contributed by atoms with E-state index in [1.807, 2.05) is 45.0 Å². The van der Waals surface area contributed by atoms with Crippen LogP contribution in [0.25, 0.3) is 0 Å². The Morgan fingerprint density at radius 1 is 1.06 bits per heavy atom. The van der Waals surface area contributed by atoms with Crippen LogP contribution in [0.1, 0.15) is 47.9 Å². The molecule has 3 rings (SSSR count). The van der Waals surface area contributed by atoms with Crippen molar-refractivity contribution in [3.8, 4) is 0 Å². The third-order valence-corrected chi connectivity index (χ3v) is 8.62. The van der Waals surface area contributed by atoms with Crippen molar-refractivity contribution in [3.05, 3.63) is 68.9 Å². The topological polar surface area (TPSA) is 89.5 Å². The number of rotatable bonds is 7. The number of sulfonamides is 1. The normalized spacial score (nSPS) is 18.6. The Kier molecular flexibility index (Phi) is 10.4. The SMILES string of the molecule is Cc1cc(C)c(S(=O)(=O)N(Cc2ccc(Cl)cc2)CC2CCC(C(=O)N[O-])CC2)c(C)c1.[Na+]. The van der Waals surface area contributed by atoms with Gasteiger partial charge >= 0.3 is 29.6 Å². The van der Waals surface area contributed by atoms with Crippen molar-refractivity contribution in [1.82, 2.24) is 9.79 Å². The van der Waals surface area contributed by atoms with E-state index >= 15 is 0 Å². The number of hydrogen-bond acceptors (Lipinski definition) is 4. The van der Waals surface area contributed by atoms with Gasteiger partial charge in [0.25, 0.3) is 0 Å². The van der Waals surface area contributed by atoms with Gasteiger partial charge in [0.05, 0.1) is 4.90 Å². The summed E-state index contributed by atoms with van der Waals surface area (Å²) in [6.07, 6.45) is 2.60. The van der Waals surface area contributed by atoms with Crippen LogP contribution in [0.2, 0.25) is 5.02 Å². The fraction of sp³-hybridized carbons (Fsp3) is 0.458. The molecule has 1 amide bonds. The van der Waals surface area contributed by atoms with E-state index < -0.39 is 15.9 Å². The second kappa shape index (κ2) is 12.2. The number of nitrogens with one attached hydrogen (secondary N) is 1. The minimum atomic E-state index is -3.75. The van der Waals surface area contributed by atoms with E-state index in [-0.39, 0.29) is 47.9 Å². The number of benzene rings is 2. The molecule has 9 heteroatoms. The number of carbonyl (C=O) groups is 1. The largest absolute Gasteiger partial charge is 1.00 e. The van der Waals surface area contributed by atoms with E-state index in [9.17, 15) is 18.4 Å². The Labute approximate surface area is 224 Å². The molecule has 2 aromatic rings. The quantitative estimate of drug-likeness (QED) is 0.464. The van der Waals surface area contributed by atoms with E-state index in [0.717, 1.165) is 22.3 Å². The third-order valence-electron chi connectivity index (χ3n) is 6.25. The summed E-state index contributed by atoms with van der Waals surface area (Å²) in [6, 6.07) is 11.0. The van der Waals surface area contributed by atoms with Crippen LogP contribution in [0.3, 0.4) is 0 Å². The van der Waals surface area contributed by atoms with Crippen molar-refractivity contribution < 1.29 is 42.8 Å². The molecule has 0 aliphatic heterocycles. The van der Waals surface area contributed by atoms with Gasteiger partial charge < -0.3 is 10.7 Å². The van der Waals surface area contributed by atoms with E-state index in [2.05, 4.69) is 0 Å². The molecule has 1 N–H and O–H groups in total. The van der Waals surface area contributed by atoms with Gasteiger partial charge in [0.1, 0.15) is 0 Å². The molecule has 1 aliphatic carbocycles. The first-order valence-electron chi connectivity index (χ1n) is 10.9. The van der Waals surface area contributed by atoms with Crippen LogP contribution in [0, 0.1) is 37.8 Å². The van der Waals surface area contributed by atoms with Gasteiger partial charge in [-0.15, -0.1) is 0 Å². The third kappa shape index (κ3) is 7.04. The first-order chi connectivity index (χ1) is 15.1. The molecule has 6 nitrogen and oxygen atoms in total. The maximum Gasteiger partial charge on any atom is 1.00 e. The van der Waals surface area contributed by atoms with Crippen LogP contribution in [0.15, 0.2) is 41.3 Å². The molecule has 0 heterocycles. The standard InChI is InChI=1S/C24H30ClN2O4S.Na/c1-16-12-17(2)23(18(3)13-16)32(30,31)27(15-20-6-10-22(25)11-7-20)14-19-4-8-21(9-5-19)24(28)26-29;/h6-7,10-13,19,21H,4-5,8-9,14-15H2,1-3H3,(H-,26,28,29);/q-1;+1. The van der Waals surface area contributed by atoms with E-state index in [1.54, 1.807) is 16.4 Å². The molecular weight excluding hydrogens is 471 g/mol. The van der Waals surface area contributed by atoms with Crippen LogP contribution in [0.4, 0.5) is 0 Å². The zero-order chi connectivity index (χ0) is 23.5. The average molecular weight is 501 g/mol. The minimum absolute atomic E-state index is 0. The molecule has 0 bridgehead atoms. The predicted octanol–water partition coefficient (Wildman–Crippen LogP) is 1.88.